The van der Waals surface area contributed by atoms with Crippen LogP contribution < -0.4 is 10.2 Å². The number of nitrogens with zero attached hydrogens (tertiary/aromatic N) is 2. The van der Waals surface area contributed by atoms with Crippen LogP contribution in [-0.4, -0.2) is 23.6 Å². The van der Waals surface area contributed by atoms with Gasteiger partial charge in [0.25, 0.3) is 0 Å². The van der Waals surface area contributed by atoms with E-state index >= 15 is 0 Å². The van der Waals surface area contributed by atoms with Gasteiger partial charge in [-0.2, -0.15) is 0 Å². The number of anilines is 1. The van der Waals surface area contributed by atoms with Crippen LogP contribution in [0.1, 0.15) is 51.8 Å². The van der Waals surface area contributed by atoms with E-state index in [1.165, 1.54) is 37.2 Å². The zero-order chi connectivity index (χ0) is 14.8. The molecule has 1 saturated heterocycles. The highest BCUT2D eigenvalue weighted by Crippen LogP contribution is 2.28. The number of hydrogen-bond donors (Lipinski definition) is 1. The van der Waals surface area contributed by atoms with E-state index < -0.39 is 0 Å². The van der Waals surface area contributed by atoms with Crippen molar-refractivity contribution in [3.8, 4) is 0 Å². The smallest absolute Gasteiger partial charge is 0.0445 e. The zero-order valence-corrected chi connectivity index (χ0v) is 13.7. The molecule has 3 nitrogen and oxygen atoms in total. The summed E-state index contributed by atoms with van der Waals surface area (Å²) < 4.78 is 0. The van der Waals surface area contributed by atoms with Crippen molar-refractivity contribution in [2.24, 2.45) is 5.92 Å². The molecule has 0 radical (unpaired) electrons. The van der Waals surface area contributed by atoms with E-state index in [0.29, 0.717) is 0 Å². The molecule has 0 amide bonds. The summed E-state index contributed by atoms with van der Waals surface area (Å²) in [6.07, 6.45) is 4.66. The predicted octanol–water partition coefficient (Wildman–Crippen LogP) is 3.51. The van der Waals surface area contributed by atoms with Crippen molar-refractivity contribution in [3.05, 3.63) is 23.5 Å². The molecule has 2 heterocycles. The van der Waals surface area contributed by atoms with Crippen LogP contribution in [0.3, 0.4) is 0 Å². The second kappa shape index (κ2) is 6.13. The molecule has 112 valence electrons. The van der Waals surface area contributed by atoms with Gasteiger partial charge in [0.1, 0.15) is 0 Å². The van der Waals surface area contributed by atoms with Crippen LogP contribution in [0.5, 0.6) is 0 Å². The number of aromatic nitrogens is 1. The summed E-state index contributed by atoms with van der Waals surface area (Å²) in [5, 5.41) is 3.58. The maximum atomic E-state index is 4.48. The first kappa shape index (κ1) is 15.3. The molecule has 1 atom stereocenters. The maximum absolute atomic E-state index is 4.48. The molecule has 0 aliphatic carbocycles. The van der Waals surface area contributed by atoms with Crippen LogP contribution in [0.15, 0.2) is 12.3 Å². The minimum atomic E-state index is 0.138. The van der Waals surface area contributed by atoms with Gasteiger partial charge in [-0.25, -0.2) is 0 Å². The normalized spacial score (nSPS) is 19.6. The Kier molecular flexibility index (Phi) is 4.69. The summed E-state index contributed by atoms with van der Waals surface area (Å²) in [5.74, 6) is 0.854. The van der Waals surface area contributed by atoms with Gasteiger partial charge < -0.3 is 10.2 Å². The highest BCUT2D eigenvalue weighted by Gasteiger charge is 2.23. The van der Waals surface area contributed by atoms with Crippen molar-refractivity contribution < 1.29 is 0 Å². The first-order valence-corrected chi connectivity index (χ1v) is 7.84. The Labute approximate surface area is 123 Å². The number of aryl methyl sites for hydroxylation is 1. The molecule has 1 unspecified atom stereocenters. The second-order valence-electron chi connectivity index (χ2n) is 7.07. The van der Waals surface area contributed by atoms with E-state index in [2.05, 4.69) is 55.9 Å². The third-order valence-corrected chi connectivity index (χ3v) is 4.11. The molecule has 0 aromatic carbocycles. The molecule has 0 bridgehead atoms. The molecular formula is C17H29N3. The molecule has 1 aliphatic heterocycles. The van der Waals surface area contributed by atoms with Gasteiger partial charge in [-0.3, -0.25) is 4.98 Å². The van der Waals surface area contributed by atoms with E-state index in [1.807, 2.05) is 6.20 Å². The molecule has 1 aromatic heterocycles. The summed E-state index contributed by atoms with van der Waals surface area (Å²) >= 11 is 0. The summed E-state index contributed by atoms with van der Waals surface area (Å²) in [6, 6.07) is 2.25. The molecular weight excluding hydrogens is 246 g/mol. The molecule has 1 N–H and O–H groups in total. The molecule has 2 rings (SSSR count). The molecule has 1 fully saturated rings. The van der Waals surface area contributed by atoms with Gasteiger partial charge in [-0.1, -0.05) is 13.3 Å². The van der Waals surface area contributed by atoms with E-state index in [1.54, 1.807) is 0 Å². The fourth-order valence-corrected chi connectivity index (χ4v) is 2.75. The van der Waals surface area contributed by atoms with Crippen LogP contribution >= 0.6 is 0 Å². The van der Waals surface area contributed by atoms with E-state index in [9.17, 15) is 0 Å². The highest BCUT2D eigenvalue weighted by atomic mass is 15.2. The third-order valence-electron chi connectivity index (χ3n) is 4.11. The SMILES string of the molecule is CCC1CCN(c2cc(C)ncc2CNC(C)(C)C)C1. The molecule has 1 aliphatic rings. The number of nitrogens with one attached hydrogen (secondary N) is 1. The Hall–Kier alpha value is -1.09. The van der Waals surface area contributed by atoms with E-state index in [4.69, 9.17) is 0 Å². The minimum Gasteiger partial charge on any atom is -0.371 e. The first-order valence-electron chi connectivity index (χ1n) is 7.84. The lowest BCUT2D eigenvalue weighted by molar-refractivity contribution is 0.424. The molecule has 20 heavy (non-hydrogen) atoms. The van der Waals surface area contributed by atoms with Crippen LogP contribution in [0.25, 0.3) is 0 Å². The second-order valence-corrected chi connectivity index (χ2v) is 7.07. The predicted molar refractivity (Wildman–Crippen MR) is 86.2 cm³/mol. The van der Waals surface area contributed by atoms with Gasteiger partial charge in [-0.05, 0) is 46.1 Å². The van der Waals surface area contributed by atoms with Crippen LogP contribution in [0.4, 0.5) is 5.69 Å². The summed E-state index contributed by atoms with van der Waals surface area (Å²) in [5.41, 5.74) is 3.95. The lowest BCUT2D eigenvalue weighted by atomic mass is 10.1. The average molecular weight is 275 g/mol. The largest absolute Gasteiger partial charge is 0.371 e. The van der Waals surface area contributed by atoms with Crippen molar-refractivity contribution in [3.63, 3.8) is 0 Å². The number of rotatable bonds is 4. The van der Waals surface area contributed by atoms with Crippen LogP contribution in [-0.2, 0) is 6.54 Å². The Morgan fingerprint density at radius 3 is 2.75 bits per heavy atom. The van der Waals surface area contributed by atoms with Gasteiger partial charge in [0.2, 0.25) is 0 Å². The molecule has 3 heteroatoms. The van der Waals surface area contributed by atoms with Crippen molar-refractivity contribution in [2.75, 3.05) is 18.0 Å². The first-order chi connectivity index (χ1) is 9.39. The summed E-state index contributed by atoms with van der Waals surface area (Å²) in [4.78, 5) is 7.03. The van der Waals surface area contributed by atoms with Crippen molar-refractivity contribution in [1.29, 1.82) is 0 Å². The highest BCUT2D eigenvalue weighted by molar-refractivity contribution is 5.54. The Morgan fingerprint density at radius 1 is 1.40 bits per heavy atom. The Morgan fingerprint density at radius 2 is 2.15 bits per heavy atom. The molecule has 0 saturated carbocycles. The number of hydrogen-bond acceptors (Lipinski definition) is 3. The van der Waals surface area contributed by atoms with Crippen LogP contribution in [0.2, 0.25) is 0 Å². The van der Waals surface area contributed by atoms with Gasteiger partial charge in [0.05, 0.1) is 0 Å². The van der Waals surface area contributed by atoms with Crippen LogP contribution in [0, 0.1) is 12.8 Å². The van der Waals surface area contributed by atoms with Gasteiger partial charge in [0, 0.05) is 48.3 Å². The lowest BCUT2D eigenvalue weighted by Gasteiger charge is -2.25. The van der Waals surface area contributed by atoms with Gasteiger partial charge >= 0.3 is 0 Å². The van der Waals surface area contributed by atoms with Crippen molar-refractivity contribution >= 4 is 5.69 Å². The summed E-state index contributed by atoms with van der Waals surface area (Å²) in [7, 11) is 0. The fraction of sp³-hybridized carbons (Fsp3) is 0.706. The third kappa shape index (κ3) is 3.95. The standard InChI is InChI=1S/C17H29N3/c1-6-14-7-8-20(12-14)16-9-13(2)18-10-15(16)11-19-17(3,4)5/h9-10,14,19H,6-8,11-12H2,1-5H3. The minimum absolute atomic E-state index is 0.138. The van der Waals surface area contributed by atoms with Gasteiger partial charge in [0.15, 0.2) is 0 Å². The quantitative estimate of drug-likeness (QED) is 0.911. The van der Waals surface area contributed by atoms with E-state index in [-0.39, 0.29) is 5.54 Å². The van der Waals surface area contributed by atoms with Crippen molar-refractivity contribution in [2.45, 2.75) is 59.5 Å². The average Bonchev–Trinajstić information content (AvgIpc) is 2.84. The Bertz CT molecular complexity index is 448. The lowest BCUT2D eigenvalue weighted by Crippen LogP contribution is -2.35. The molecule has 0 spiro atoms. The van der Waals surface area contributed by atoms with Gasteiger partial charge in [-0.15, -0.1) is 0 Å². The number of pyridine rings is 1. The topological polar surface area (TPSA) is 28.2 Å². The Balaban J connectivity index is 2.16. The fourth-order valence-electron chi connectivity index (χ4n) is 2.75. The summed E-state index contributed by atoms with van der Waals surface area (Å²) in [6.45, 7) is 14.3. The molecule has 1 aromatic rings. The monoisotopic (exact) mass is 275 g/mol. The zero-order valence-electron chi connectivity index (χ0n) is 13.7. The van der Waals surface area contributed by atoms with Crippen molar-refractivity contribution in [1.82, 2.24) is 10.3 Å². The maximum Gasteiger partial charge on any atom is 0.0445 e. The van der Waals surface area contributed by atoms with E-state index in [0.717, 1.165) is 18.2 Å².